The monoisotopic (exact) mass is 146 g/mol. The lowest BCUT2D eigenvalue weighted by Gasteiger charge is -2.00. The molecular formula is C7H11ClO. The largest absolute Gasteiger partial charge is 0.300 e. The number of carbonyl (C=O) groups is 1. The number of rotatable bonds is 1. The van der Waals surface area contributed by atoms with E-state index in [9.17, 15) is 4.79 Å². The van der Waals surface area contributed by atoms with Crippen LogP contribution in [0.1, 0.15) is 26.2 Å². The van der Waals surface area contributed by atoms with Crippen molar-refractivity contribution in [3.05, 3.63) is 0 Å². The molecule has 0 aromatic rings. The second-order valence-corrected chi connectivity index (χ2v) is 3.34. The Morgan fingerprint density at radius 3 is 2.44 bits per heavy atom. The molecule has 0 bridgehead atoms. The number of carbonyl (C=O) groups excluding carboxylic acids is 1. The molecule has 1 rings (SSSR count). The smallest absolute Gasteiger partial charge is 0.132 e. The molecule has 2 heteroatoms. The topological polar surface area (TPSA) is 17.1 Å². The average molecular weight is 147 g/mol. The van der Waals surface area contributed by atoms with Crippen LogP contribution in [0, 0.1) is 5.92 Å². The number of ketones is 1. The van der Waals surface area contributed by atoms with Gasteiger partial charge in [0, 0.05) is 11.3 Å². The lowest BCUT2D eigenvalue weighted by atomic mass is 10.0. The molecule has 0 aromatic heterocycles. The first-order valence-electron chi connectivity index (χ1n) is 3.34. The maximum atomic E-state index is 10.7. The molecule has 1 nitrogen and oxygen atoms in total. The molecule has 2 atom stereocenters. The fraction of sp³-hybridized carbons (Fsp3) is 0.857. The molecule has 0 amide bonds. The Hall–Kier alpha value is -0.0400. The van der Waals surface area contributed by atoms with E-state index in [1.165, 1.54) is 0 Å². The third-order valence-corrected chi connectivity index (χ3v) is 2.34. The van der Waals surface area contributed by atoms with Crippen molar-refractivity contribution < 1.29 is 4.79 Å². The van der Waals surface area contributed by atoms with E-state index in [4.69, 9.17) is 11.6 Å². The van der Waals surface area contributed by atoms with Crippen LogP contribution in [0.4, 0.5) is 0 Å². The zero-order valence-corrected chi connectivity index (χ0v) is 6.32. The number of hydrogen-bond acceptors (Lipinski definition) is 1. The predicted octanol–water partition coefficient (Wildman–Crippen LogP) is 1.98. The first-order valence-corrected chi connectivity index (χ1v) is 3.78. The highest BCUT2D eigenvalue weighted by Crippen LogP contribution is 2.29. The zero-order valence-electron chi connectivity index (χ0n) is 5.56. The van der Waals surface area contributed by atoms with Crippen molar-refractivity contribution in [3.8, 4) is 0 Å². The summed E-state index contributed by atoms with van der Waals surface area (Å²) in [7, 11) is 0. The predicted molar refractivity (Wildman–Crippen MR) is 37.7 cm³/mol. The normalized spacial score (nSPS) is 34.9. The van der Waals surface area contributed by atoms with Crippen LogP contribution in [0.15, 0.2) is 0 Å². The molecule has 0 aliphatic heterocycles. The summed E-state index contributed by atoms with van der Waals surface area (Å²) in [5.41, 5.74) is 0. The summed E-state index contributed by atoms with van der Waals surface area (Å²) >= 11 is 5.80. The van der Waals surface area contributed by atoms with Gasteiger partial charge in [0.05, 0.1) is 0 Å². The zero-order chi connectivity index (χ0) is 6.85. The Morgan fingerprint density at radius 2 is 2.22 bits per heavy atom. The first kappa shape index (κ1) is 7.07. The van der Waals surface area contributed by atoms with Crippen LogP contribution in [0.3, 0.4) is 0 Å². The van der Waals surface area contributed by atoms with Crippen molar-refractivity contribution in [1.82, 2.24) is 0 Å². The van der Waals surface area contributed by atoms with E-state index in [0.29, 0.717) is 5.78 Å². The Balaban J connectivity index is 2.39. The van der Waals surface area contributed by atoms with Crippen LogP contribution < -0.4 is 0 Å². The van der Waals surface area contributed by atoms with Gasteiger partial charge in [0.1, 0.15) is 5.78 Å². The third-order valence-electron chi connectivity index (χ3n) is 1.94. The minimum atomic E-state index is 0.263. The van der Waals surface area contributed by atoms with Crippen LogP contribution in [-0.4, -0.2) is 11.2 Å². The van der Waals surface area contributed by atoms with E-state index in [-0.39, 0.29) is 11.3 Å². The number of Topliss-reactive ketones (excluding diaryl/α,β-unsaturated/α-hetero) is 1. The Bertz CT molecular complexity index is 122. The van der Waals surface area contributed by atoms with Crippen LogP contribution >= 0.6 is 11.6 Å². The van der Waals surface area contributed by atoms with Gasteiger partial charge < -0.3 is 0 Å². The fourth-order valence-electron chi connectivity index (χ4n) is 1.30. The van der Waals surface area contributed by atoms with E-state index in [1.54, 1.807) is 6.92 Å². The third kappa shape index (κ3) is 1.68. The van der Waals surface area contributed by atoms with Crippen LogP contribution in [0.2, 0.25) is 0 Å². The summed E-state index contributed by atoms with van der Waals surface area (Å²) in [5.74, 6) is 0.575. The molecule has 1 aliphatic rings. The molecule has 1 saturated carbocycles. The summed E-state index contributed by atoms with van der Waals surface area (Å²) in [6.45, 7) is 1.65. The van der Waals surface area contributed by atoms with Gasteiger partial charge in [-0.3, -0.25) is 4.79 Å². The van der Waals surface area contributed by atoms with Gasteiger partial charge >= 0.3 is 0 Å². The fourth-order valence-corrected chi connectivity index (χ4v) is 1.64. The molecule has 0 radical (unpaired) electrons. The highest BCUT2D eigenvalue weighted by Gasteiger charge is 2.25. The first-order chi connectivity index (χ1) is 4.20. The van der Waals surface area contributed by atoms with E-state index in [0.717, 1.165) is 19.3 Å². The highest BCUT2D eigenvalue weighted by molar-refractivity contribution is 6.20. The molecule has 52 valence electrons. The number of alkyl halides is 1. The summed E-state index contributed by atoms with van der Waals surface area (Å²) < 4.78 is 0. The van der Waals surface area contributed by atoms with Crippen molar-refractivity contribution in [3.63, 3.8) is 0 Å². The summed E-state index contributed by atoms with van der Waals surface area (Å²) in [4.78, 5) is 10.7. The second kappa shape index (κ2) is 2.70. The molecule has 9 heavy (non-hydrogen) atoms. The molecule has 0 N–H and O–H groups in total. The summed E-state index contributed by atoms with van der Waals surface area (Å²) in [6, 6.07) is 0. The average Bonchev–Trinajstić information content (AvgIpc) is 2.14. The van der Waals surface area contributed by atoms with Crippen molar-refractivity contribution >= 4 is 17.4 Å². The van der Waals surface area contributed by atoms with E-state index >= 15 is 0 Å². The molecular weight excluding hydrogens is 136 g/mol. The van der Waals surface area contributed by atoms with Crippen molar-refractivity contribution in [2.45, 2.75) is 31.6 Å². The molecule has 0 spiro atoms. The molecule has 0 heterocycles. The second-order valence-electron chi connectivity index (χ2n) is 2.72. The Labute approximate surface area is 60.4 Å². The van der Waals surface area contributed by atoms with Gasteiger partial charge in [-0.1, -0.05) is 0 Å². The van der Waals surface area contributed by atoms with E-state index in [1.807, 2.05) is 0 Å². The Morgan fingerprint density at radius 1 is 1.56 bits per heavy atom. The molecule has 1 fully saturated rings. The lowest BCUT2D eigenvalue weighted by Crippen LogP contribution is -2.05. The summed E-state index contributed by atoms with van der Waals surface area (Å²) in [5, 5.41) is 0.263. The van der Waals surface area contributed by atoms with Crippen LogP contribution in [-0.2, 0) is 4.79 Å². The van der Waals surface area contributed by atoms with Gasteiger partial charge in [-0.05, 0) is 26.2 Å². The van der Waals surface area contributed by atoms with Crippen molar-refractivity contribution in [2.24, 2.45) is 5.92 Å². The lowest BCUT2D eigenvalue weighted by molar-refractivity contribution is -0.120. The standard InChI is InChI=1S/C7H11ClO/c1-5(9)6-2-3-7(8)4-6/h6-7H,2-4H2,1H3/t6-,7+/m0/s1. The van der Waals surface area contributed by atoms with Crippen molar-refractivity contribution in [1.29, 1.82) is 0 Å². The van der Waals surface area contributed by atoms with Gasteiger partial charge in [0.15, 0.2) is 0 Å². The maximum Gasteiger partial charge on any atom is 0.132 e. The molecule has 1 aliphatic carbocycles. The molecule has 0 unspecified atom stereocenters. The Kier molecular flexibility index (Phi) is 2.12. The number of hydrogen-bond donors (Lipinski definition) is 0. The minimum absolute atomic E-state index is 0.263. The minimum Gasteiger partial charge on any atom is -0.300 e. The van der Waals surface area contributed by atoms with Crippen LogP contribution in [0.5, 0.6) is 0 Å². The van der Waals surface area contributed by atoms with E-state index in [2.05, 4.69) is 0 Å². The van der Waals surface area contributed by atoms with Gasteiger partial charge in [0.2, 0.25) is 0 Å². The molecule has 0 saturated heterocycles. The quantitative estimate of drug-likeness (QED) is 0.517. The SMILES string of the molecule is CC(=O)[C@H]1CC[C@@H](Cl)C1. The van der Waals surface area contributed by atoms with E-state index < -0.39 is 0 Å². The number of halogens is 1. The van der Waals surface area contributed by atoms with Gasteiger partial charge in [-0.15, -0.1) is 11.6 Å². The van der Waals surface area contributed by atoms with Gasteiger partial charge in [-0.25, -0.2) is 0 Å². The molecule has 0 aromatic carbocycles. The van der Waals surface area contributed by atoms with Gasteiger partial charge in [0.25, 0.3) is 0 Å². The van der Waals surface area contributed by atoms with Crippen molar-refractivity contribution in [2.75, 3.05) is 0 Å². The summed E-state index contributed by atoms with van der Waals surface area (Å²) in [6.07, 6.45) is 2.92. The maximum absolute atomic E-state index is 10.7. The highest BCUT2D eigenvalue weighted by atomic mass is 35.5. The van der Waals surface area contributed by atoms with Gasteiger partial charge in [-0.2, -0.15) is 0 Å². The van der Waals surface area contributed by atoms with Crippen LogP contribution in [0.25, 0.3) is 0 Å².